The number of nitrogens with one attached hydrogen (secondary N) is 2. The van der Waals surface area contributed by atoms with Crippen LogP contribution in [0, 0.1) is 11.3 Å². The fourth-order valence-electron chi connectivity index (χ4n) is 1.50. The van der Waals surface area contributed by atoms with E-state index < -0.39 is 5.69 Å². The van der Waals surface area contributed by atoms with E-state index in [2.05, 4.69) is 31.2 Å². The number of nitrogens with zero attached hydrogens (tertiary/aromatic N) is 2. The van der Waals surface area contributed by atoms with Gasteiger partial charge in [-0.15, -0.1) is 0 Å². The van der Waals surface area contributed by atoms with Crippen LogP contribution in [0.15, 0.2) is 33.5 Å². The van der Waals surface area contributed by atoms with Crippen molar-refractivity contribution >= 4 is 27.4 Å². The fraction of sp³-hybridized carbons (Fsp3) is 0.0833. The molecule has 2 N–H and O–H groups in total. The van der Waals surface area contributed by atoms with E-state index in [1.807, 2.05) is 12.1 Å². The van der Waals surface area contributed by atoms with Crippen molar-refractivity contribution in [3.63, 3.8) is 0 Å². The smallest absolute Gasteiger partial charge is 0.347 e. The molecule has 0 spiro atoms. The second kappa shape index (κ2) is 5.54. The minimum atomic E-state index is -0.587. The van der Waals surface area contributed by atoms with Crippen LogP contribution in [0.4, 0.5) is 11.5 Å². The van der Waals surface area contributed by atoms with Gasteiger partial charge >= 0.3 is 5.69 Å². The Morgan fingerprint density at radius 2 is 2.26 bits per heavy atom. The van der Waals surface area contributed by atoms with Crippen molar-refractivity contribution in [3.05, 3.63) is 44.9 Å². The van der Waals surface area contributed by atoms with Crippen LogP contribution in [0.25, 0.3) is 0 Å². The maximum atomic E-state index is 11.3. The zero-order valence-corrected chi connectivity index (χ0v) is 11.5. The van der Waals surface area contributed by atoms with Crippen molar-refractivity contribution in [1.82, 2.24) is 9.97 Å². The number of nitriles is 1. The van der Waals surface area contributed by atoms with Gasteiger partial charge in [-0.3, -0.25) is 4.98 Å². The number of H-pyrrole nitrogens is 1. The van der Waals surface area contributed by atoms with Crippen LogP contribution in [-0.2, 0) is 0 Å². The van der Waals surface area contributed by atoms with Crippen LogP contribution >= 0.6 is 15.9 Å². The Bertz CT molecular complexity index is 706. The van der Waals surface area contributed by atoms with Gasteiger partial charge in [0, 0.05) is 10.5 Å². The Morgan fingerprint density at radius 3 is 2.95 bits per heavy atom. The first kappa shape index (κ1) is 13.1. The lowest BCUT2D eigenvalue weighted by molar-refractivity contribution is 0.416. The lowest BCUT2D eigenvalue weighted by Gasteiger charge is -2.10. The summed E-state index contributed by atoms with van der Waals surface area (Å²) >= 11 is 3.35. The predicted molar refractivity (Wildman–Crippen MR) is 73.5 cm³/mol. The molecule has 0 aliphatic carbocycles. The summed E-state index contributed by atoms with van der Waals surface area (Å²) in [7, 11) is 1.54. The molecule has 2 aromatic rings. The van der Waals surface area contributed by atoms with Crippen LogP contribution in [-0.4, -0.2) is 17.1 Å². The second-order valence-electron chi connectivity index (χ2n) is 3.57. The third-order valence-corrected chi connectivity index (χ3v) is 2.78. The fourth-order valence-corrected chi connectivity index (χ4v) is 1.86. The van der Waals surface area contributed by atoms with E-state index in [0.717, 1.165) is 4.47 Å². The SMILES string of the molecule is COc1ccc(Br)cc1Nc1cc(C#N)[nH]c(=O)n1. The van der Waals surface area contributed by atoms with Crippen molar-refractivity contribution in [2.45, 2.75) is 0 Å². The molecular weight excluding hydrogens is 312 g/mol. The summed E-state index contributed by atoms with van der Waals surface area (Å²) in [5.74, 6) is 0.875. The van der Waals surface area contributed by atoms with Gasteiger partial charge in [0.2, 0.25) is 0 Å². The zero-order valence-electron chi connectivity index (χ0n) is 9.90. The van der Waals surface area contributed by atoms with Crippen LogP contribution in [0.1, 0.15) is 5.69 Å². The number of rotatable bonds is 3. The molecule has 0 amide bonds. The van der Waals surface area contributed by atoms with Crippen LogP contribution in [0.2, 0.25) is 0 Å². The molecule has 6 nitrogen and oxygen atoms in total. The van der Waals surface area contributed by atoms with E-state index >= 15 is 0 Å². The quantitative estimate of drug-likeness (QED) is 0.904. The van der Waals surface area contributed by atoms with Gasteiger partial charge in [-0.1, -0.05) is 15.9 Å². The molecule has 0 aliphatic rings. The van der Waals surface area contributed by atoms with Gasteiger partial charge in [-0.2, -0.15) is 10.2 Å². The number of ether oxygens (including phenoxy) is 1. The van der Waals surface area contributed by atoms with Crippen molar-refractivity contribution in [2.75, 3.05) is 12.4 Å². The third-order valence-electron chi connectivity index (χ3n) is 2.29. The number of anilines is 2. The summed E-state index contributed by atoms with van der Waals surface area (Å²) in [6.45, 7) is 0. The largest absolute Gasteiger partial charge is 0.495 e. The maximum absolute atomic E-state index is 11.3. The molecule has 0 bridgehead atoms. The molecular formula is C12H9BrN4O2. The molecule has 0 fully saturated rings. The van der Waals surface area contributed by atoms with E-state index in [9.17, 15) is 4.79 Å². The summed E-state index contributed by atoms with van der Waals surface area (Å²) in [5.41, 5.74) is 0.186. The van der Waals surface area contributed by atoms with Gasteiger partial charge in [0.05, 0.1) is 12.8 Å². The predicted octanol–water partition coefficient (Wildman–Crippen LogP) is 2.16. The Morgan fingerprint density at radius 1 is 1.47 bits per heavy atom. The first-order chi connectivity index (χ1) is 9.12. The molecule has 0 aliphatic heterocycles. The van der Waals surface area contributed by atoms with Crippen LogP contribution in [0.5, 0.6) is 5.75 Å². The average molecular weight is 321 g/mol. The minimum Gasteiger partial charge on any atom is -0.495 e. The number of benzene rings is 1. The normalized spacial score (nSPS) is 9.74. The molecule has 1 aromatic carbocycles. The van der Waals surface area contributed by atoms with E-state index in [-0.39, 0.29) is 11.5 Å². The molecule has 96 valence electrons. The second-order valence-corrected chi connectivity index (χ2v) is 4.48. The Hall–Kier alpha value is -2.33. The maximum Gasteiger partial charge on any atom is 0.347 e. The first-order valence-electron chi connectivity index (χ1n) is 5.24. The lowest BCUT2D eigenvalue weighted by Crippen LogP contribution is -2.13. The number of aromatic nitrogens is 2. The van der Waals surface area contributed by atoms with Gasteiger partial charge < -0.3 is 10.1 Å². The molecule has 2 rings (SSSR count). The molecule has 0 saturated carbocycles. The van der Waals surface area contributed by atoms with Crippen LogP contribution < -0.4 is 15.7 Å². The van der Waals surface area contributed by atoms with Gasteiger partial charge in [0.15, 0.2) is 0 Å². The number of halogens is 1. The number of hydrogen-bond donors (Lipinski definition) is 2. The highest BCUT2D eigenvalue weighted by atomic mass is 79.9. The van der Waals surface area contributed by atoms with Crippen molar-refractivity contribution < 1.29 is 4.74 Å². The number of methoxy groups -OCH3 is 1. The highest BCUT2D eigenvalue weighted by Gasteiger charge is 2.06. The van der Waals surface area contributed by atoms with E-state index in [0.29, 0.717) is 11.4 Å². The number of hydrogen-bond acceptors (Lipinski definition) is 5. The molecule has 1 heterocycles. The highest BCUT2D eigenvalue weighted by Crippen LogP contribution is 2.29. The molecule has 0 radical (unpaired) electrons. The zero-order chi connectivity index (χ0) is 13.8. The Balaban J connectivity index is 2.41. The molecule has 0 saturated heterocycles. The first-order valence-corrected chi connectivity index (χ1v) is 6.03. The van der Waals surface area contributed by atoms with Gasteiger partial charge in [-0.05, 0) is 18.2 Å². The van der Waals surface area contributed by atoms with E-state index in [1.165, 1.54) is 6.07 Å². The standard InChI is InChI=1S/C12H9BrN4O2/c1-19-10-3-2-7(13)4-9(10)16-11-5-8(6-14)15-12(18)17-11/h2-5H,1H3,(H2,15,16,17,18). The minimum absolute atomic E-state index is 0.136. The average Bonchev–Trinajstić information content (AvgIpc) is 2.38. The van der Waals surface area contributed by atoms with Gasteiger partial charge in [0.25, 0.3) is 0 Å². The van der Waals surface area contributed by atoms with Gasteiger partial charge in [0.1, 0.15) is 23.3 Å². The summed E-state index contributed by atoms with van der Waals surface area (Å²) in [6, 6.07) is 8.69. The van der Waals surface area contributed by atoms with E-state index in [4.69, 9.17) is 10.00 Å². The summed E-state index contributed by atoms with van der Waals surface area (Å²) in [5, 5.41) is 11.7. The van der Waals surface area contributed by atoms with Crippen molar-refractivity contribution in [2.24, 2.45) is 0 Å². The van der Waals surface area contributed by atoms with E-state index in [1.54, 1.807) is 19.2 Å². The Kier molecular flexibility index (Phi) is 3.82. The molecule has 0 atom stereocenters. The molecule has 19 heavy (non-hydrogen) atoms. The monoisotopic (exact) mass is 320 g/mol. The number of aromatic amines is 1. The third kappa shape index (κ3) is 3.11. The van der Waals surface area contributed by atoms with Crippen molar-refractivity contribution in [1.29, 1.82) is 5.26 Å². The molecule has 0 unspecified atom stereocenters. The summed E-state index contributed by atoms with van der Waals surface area (Å²) in [4.78, 5) is 17.3. The van der Waals surface area contributed by atoms with Gasteiger partial charge in [-0.25, -0.2) is 4.79 Å². The molecule has 7 heteroatoms. The summed E-state index contributed by atoms with van der Waals surface area (Å²) < 4.78 is 6.05. The topological polar surface area (TPSA) is 90.8 Å². The molecule has 1 aromatic heterocycles. The van der Waals surface area contributed by atoms with Crippen molar-refractivity contribution in [3.8, 4) is 11.8 Å². The van der Waals surface area contributed by atoms with Crippen LogP contribution in [0.3, 0.4) is 0 Å². The lowest BCUT2D eigenvalue weighted by atomic mass is 10.3. The highest BCUT2D eigenvalue weighted by molar-refractivity contribution is 9.10. The summed E-state index contributed by atoms with van der Waals surface area (Å²) in [6.07, 6.45) is 0. The Labute approximate surface area is 117 Å².